The van der Waals surface area contributed by atoms with Crippen LogP contribution in [0, 0.1) is 11.6 Å². The molecule has 0 radical (unpaired) electrons. The molecule has 72 valence electrons. The van der Waals surface area contributed by atoms with Crippen LogP contribution in [0.1, 0.15) is 13.8 Å². The molecule has 1 rings (SSSR count). The van der Waals surface area contributed by atoms with Crippen molar-refractivity contribution in [2.75, 3.05) is 18.0 Å². The van der Waals surface area contributed by atoms with Crippen LogP contribution in [0.15, 0.2) is 18.2 Å². The number of hydrogen-bond donors (Lipinski definition) is 0. The predicted molar refractivity (Wildman–Crippen MR) is 49.9 cm³/mol. The summed E-state index contributed by atoms with van der Waals surface area (Å²) in [5, 5.41) is 0. The second kappa shape index (κ2) is 4.21. The fraction of sp³-hybridized carbons (Fsp3) is 0.400. The molecule has 0 aliphatic carbocycles. The molecule has 0 bridgehead atoms. The zero-order valence-corrected chi connectivity index (χ0v) is 7.85. The van der Waals surface area contributed by atoms with Gasteiger partial charge in [0, 0.05) is 19.2 Å². The van der Waals surface area contributed by atoms with Gasteiger partial charge >= 0.3 is 0 Å². The van der Waals surface area contributed by atoms with E-state index in [1.165, 1.54) is 12.1 Å². The lowest BCUT2D eigenvalue weighted by atomic mass is 10.2. The highest BCUT2D eigenvalue weighted by atomic mass is 19.1. The van der Waals surface area contributed by atoms with Crippen LogP contribution >= 0.6 is 0 Å². The fourth-order valence-corrected chi connectivity index (χ4v) is 1.30. The summed E-state index contributed by atoms with van der Waals surface area (Å²) in [6, 6.07) is 3.65. The van der Waals surface area contributed by atoms with Gasteiger partial charge in [-0.25, -0.2) is 8.78 Å². The summed E-state index contributed by atoms with van der Waals surface area (Å²) in [6.45, 7) is 5.32. The molecular formula is C10H13F2N. The molecule has 1 nitrogen and oxygen atoms in total. The van der Waals surface area contributed by atoms with E-state index in [0.717, 1.165) is 19.2 Å². The lowest BCUT2D eigenvalue weighted by Crippen LogP contribution is -2.22. The van der Waals surface area contributed by atoms with Crippen LogP contribution in [-0.4, -0.2) is 13.1 Å². The van der Waals surface area contributed by atoms with Crippen molar-refractivity contribution in [3.8, 4) is 0 Å². The lowest BCUT2D eigenvalue weighted by molar-refractivity contribution is 0.579. The van der Waals surface area contributed by atoms with E-state index >= 15 is 0 Å². The topological polar surface area (TPSA) is 3.24 Å². The zero-order valence-electron chi connectivity index (χ0n) is 7.85. The normalized spacial score (nSPS) is 10.2. The zero-order chi connectivity index (χ0) is 9.84. The molecule has 0 amide bonds. The van der Waals surface area contributed by atoms with Gasteiger partial charge in [-0.2, -0.15) is 0 Å². The maximum atomic E-state index is 13.2. The highest BCUT2D eigenvalue weighted by Crippen LogP contribution is 2.19. The van der Waals surface area contributed by atoms with Gasteiger partial charge < -0.3 is 4.90 Å². The Kier molecular flexibility index (Phi) is 3.23. The number of benzene rings is 1. The number of anilines is 1. The maximum Gasteiger partial charge on any atom is 0.149 e. The summed E-state index contributed by atoms with van der Waals surface area (Å²) < 4.78 is 25.8. The Morgan fingerprint density at radius 3 is 2.23 bits per heavy atom. The van der Waals surface area contributed by atoms with Gasteiger partial charge in [0.05, 0.1) is 5.69 Å². The summed E-state index contributed by atoms with van der Waals surface area (Å²) in [5.41, 5.74) is 0.464. The summed E-state index contributed by atoms with van der Waals surface area (Å²) in [6.07, 6.45) is 0. The Labute approximate surface area is 77.0 Å². The maximum absolute atomic E-state index is 13.2. The highest BCUT2D eigenvalue weighted by Gasteiger charge is 2.08. The second-order valence-corrected chi connectivity index (χ2v) is 2.77. The van der Waals surface area contributed by atoms with E-state index in [-0.39, 0.29) is 0 Å². The van der Waals surface area contributed by atoms with Crippen molar-refractivity contribution in [3.63, 3.8) is 0 Å². The Morgan fingerprint density at radius 2 is 1.77 bits per heavy atom. The largest absolute Gasteiger partial charge is 0.370 e. The van der Waals surface area contributed by atoms with Gasteiger partial charge in [0.2, 0.25) is 0 Å². The summed E-state index contributed by atoms with van der Waals surface area (Å²) in [7, 11) is 0. The average molecular weight is 185 g/mol. The molecule has 0 aromatic heterocycles. The van der Waals surface area contributed by atoms with E-state index in [9.17, 15) is 8.78 Å². The first-order valence-corrected chi connectivity index (χ1v) is 4.39. The van der Waals surface area contributed by atoms with E-state index in [4.69, 9.17) is 0 Å². The molecule has 3 heteroatoms. The number of halogens is 2. The Bertz CT molecular complexity index is 282. The van der Waals surface area contributed by atoms with E-state index in [1.54, 1.807) is 0 Å². The third-order valence-corrected chi connectivity index (χ3v) is 2.01. The Morgan fingerprint density at radius 1 is 1.15 bits per heavy atom. The van der Waals surface area contributed by atoms with Crippen LogP contribution in [0.3, 0.4) is 0 Å². The van der Waals surface area contributed by atoms with Gasteiger partial charge in [0.15, 0.2) is 0 Å². The molecule has 0 aliphatic rings. The molecule has 0 aliphatic heterocycles. The fourth-order valence-electron chi connectivity index (χ4n) is 1.30. The van der Waals surface area contributed by atoms with Gasteiger partial charge in [-0.05, 0) is 26.0 Å². The minimum absolute atomic E-state index is 0.464. The molecule has 1 aromatic rings. The average Bonchev–Trinajstić information content (AvgIpc) is 2.10. The summed E-state index contributed by atoms with van der Waals surface area (Å²) >= 11 is 0. The van der Waals surface area contributed by atoms with E-state index in [1.807, 2.05) is 18.7 Å². The van der Waals surface area contributed by atoms with Crippen LogP contribution in [0.4, 0.5) is 14.5 Å². The first kappa shape index (κ1) is 9.96. The molecule has 0 spiro atoms. The summed E-state index contributed by atoms with van der Waals surface area (Å²) in [5.74, 6) is -1.03. The molecular weight excluding hydrogens is 172 g/mol. The molecule has 0 saturated carbocycles. The van der Waals surface area contributed by atoms with Crippen LogP contribution in [-0.2, 0) is 0 Å². The van der Waals surface area contributed by atoms with Gasteiger partial charge in [0.25, 0.3) is 0 Å². The highest BCUT2D eigenvalue weighted by molar-refractivity contribution is 5.47. The summed E-state index contributed by atoms with van der Waals surface area (Å²) in [4.78, 5) is 1.84. The third kappa shape index (κ3) is 2.17. The quantitative estimate of drug-likeness (QED) is 0.699. The molecule has 0 unspecified atom stereocenters. The van der Waals surface area contributed by atoms with Gasteiger partial charge in [0.1, 0.15) is 11.6 Å². The second-order valence-electron chi connectivity index (χ2n) is 2.77. The van der Waals surface area contributed by atoms with Crippen molar-refractivity contribution in [2.24, 2.45) is 0 Å². The van der Waals surface area contributed by atoms with Crippen molar-refractivity contribution < 1.29 is 8.78 Å². The monoisotopic (exact) mass is 185 g/mol. The lowest BCUT2D eigenvalue weighted by Gasteiger charge is -2.21. The van der Waals surface area contributed by atoms with Crippen molar-refractivity contribution in [3.05, 3.63) is 29.8 Å². The Hall–Kier alpha value is -1.12. The first-order chi connectivity index (χ1) is 6.19. The standard InChI is InChI=1S/C10H13F2N/c1-3-13(4-2)10-6-5-8(11)7-9(10)12/h5-7H,3-4H2,1-2H3. The SMILES string of the molecule is CCN(CC)c1ccc(F)cc1F. The van der Waals surface area contributed by atoms with Gasteiger partial charge in [-0.1, -0.05) is 0 Å². The van der Waals surface area contributed by atoms with Crippen LogP contribution in [0.25, 0.3) is 0 Å². The van der Waals surface area contributed by atoms with Crippen molar-refractivity contribution >= 4 is 5.69 Å². The number of rotatable bonds is 3. The molecule has 0 heterocycles. The smallest absolute Gasteiger partial charge is 0.149 e. The van der Waals surface area contributed by atoms with Crippen LogP contribution < -0.4 is 4.90 Å². The van der Waals surface area contributed by atoms with E-state index in [0.29, 0.717) is 5.69 Å². The van der Waals surface area contributed by atoms with Crippen molar-refractivity contribution in [1.29, 1.82) is 0 Å². The molecule has 0 N–H and O–H groups in total. The van der Waals surface area contributed by atoms with E-state index < -0.39 is 11.6 Å². The van der Waals surface area contributed by atoms with E-state index in [2.05, 4.69) is 0 Å². The third-order valence-electron chi connectivity index (χ3n) is 2.01. The van der Waals surface area contributed by atoms with Crippen LogP contribution in [0.2, 0.25) is 0 Å². The van der Waals surface area contributed by atoms with Crippen molar-refractivity contribution in [1.82, 2.24) is 0 Å². The molecule has 0 atom stereocenters. The molecule has 0 fully saturated rings. The number of nitrogens with zero attached hydrogens (tertiary/aromatic N) is 1. The molecule has 0 saturated heterocycles. The predicted octanol–water partition coefficient (Wildman–Crippen LogP) is 2.81. The minimum atomic E-state index is -0.534. The van der Waals surface area contributed by atoms with Gasteiger partial charge in [-0.3, -0.25) is 0 Å². The first-order valence-electron chi connectivity index (χ1n) is 4.39. The van der Waals surface area contributed by atoms with Crippen molar-refractivity contribution in [2.45, 2.75) is 13.8 Å². The van der Waals surface area contributed by atoms with Gasteiger partial charge in [-0.15, -0.1) is 0 Å². The molecule has 13 heavy (non-hydrogen) atoms. The van der Waals surface area contributed by atoms with Crippen LogP contribution in [0.5, 0.6) is 0 Å². The Balaban J connectivity index is 2.99. The number of hydrogen-bond acceptors (Lipinski definition) is 1. The molecule has 1 aromatic carbocycles. The minimum Gasteiger partial charge on any atom is -0.370 e.